The third-order valence-corrected chi connectivity index (χ3v) is 7.54. The summed E-state index contributed by atoms with van der Waals surface area (Å²) in [5.74, 6) is 0.793. The lowest BCUT2D eigenvalue weighted by molar-refractivity contribution is 0.741. The van der Waals surface area contributed by atoms with Crippen molar-refractivity contribution < 1.29 is 0 Å². The average molecular weight is 579 g/mol. The highest BCUT2D eigenvalue weighted by Gasteiger charge is 2.26. The van der Waals surface area contributed by atoms with Gasteiger partial charge in [-0.2, -0.15) is 0 Å². The van der Waals surface area contributed by atoms with E-state index < -0.39 is 0 Å². The Bertz CT molecular complexity index is 1620. The first-order chi connectivity index (χ1) is 16.5. The summed E-state index contributed by atoms with van der Waals surface area (Å²) in [5.41, 5.74) is 6.36. The van der Waals surface area contributed by atoms with Gasteiger partial charge in [0.25, 0.3) is 5.56 Å². The van der Waals surface area contributed by atoms with Crippen LogP contribution >= 0.6 is 34.2 Å². The van der Waals surface area contributed by atoms with Crippen molar-refractivity contribution in [1.82, 2.24) is 19.3 Å². The van der Waals surface area contributed by atoms with Gasteiger partial charge in [0.1, 0.15) is 12.2 Å². The van der Waals surface area contributed by atoms with E-state index in [9.17, 15) is 4.79 Å². The third kappa shape index (κ3) is 3.56. The first-order valence-electron chi connectivity index (χ1n) is 11.1. The molecule has 0 saturated heterocycles. The fourth-order valence-electron chi connectivity index (χ4n) is 5.04. The fourth-order valence-corrected chi connectivity index (χ4v) is 5.59. The molecule has 0 amide bonds. The molecule has 0 N–H and O–H groups in total. The molecule has 6 rings (SSSR count). The molecule has 0 saturated carbocycles. The van der Waals surface area contributed by atoms with Gasteiger partial charge >= 0.3 is 0 Å². The smallest absolute Gasteiger partial charge is 0.251 e. The van der Waals surface area contributed by atoms with Crippen LogP contribution in [-0.2, 0) is 20.0 Å². The zero-order chi connectivity index (χ0) is 23.4. The minimum atomic E-state index is -0.0849. The van der Waals surface area contributed by atoms with Gasteiger partial charge in [0.2, 0.25) is 0 Å². The SMILES string of the molecule is Cn1cnnc1C(c1ccc(I)cc1)c1cc2c3c(c1)c(-c1cccc(Cl)c1)cc(=O)n3CC2. The van der Waals surface area contributed by atoms with Gasteiger partial charge in [-0.25, -0.2) is 0 Å². The quantitative estimate of drug-likeness (QED) is 0.254. The van der Waals surface area contributed by atoms with E-state index in [1.54, 1.807) is 12.4 Å². The molecule has 2 aromatic heterocycles. The van der Waals surface area contributed by atoms with E-state index in [1.807, 2.05) is 40.4 Å². The van der Waals surface area contributed by atoms with Crippen molar-refractivity contribution in [2.45, 2.75) is 18.9 Å². The third-order valence-electron chi connectivity index (χ3n) is 6.59. The molecule has 5 aromatic rings. The number of halogens is 2. The van der Waals surface area contributed by atoms with Crippen molar-refractivity contribution >= 4 is 45.1 Å². The second-order valence-corrected chi connectivity index (χ2v) is 10.4. The molecular formula is C27H20ClIN4O. The van der Waals surface area contributed by atoms with Gasteiger partial charge in [0.05, 0.1) is 11.4 Å². The summed E-state index contributed by atoms with van der Waals surface area (Å²) in [4.78, 5) is 13.0. The van der Waals surface area contributed by atoms with Gasteiger partial charge in [-0.3, -0.25) is 4.79 Å². The molecule has 0 bridgehead atoms. The maximum atomic E-state index is 13.0. The molecule has 168 valence electrons. The number of aromatic nitrogens is 4. The molecule has 0 fully saturated rings. The van der Waals surface area contributed by atoms with Crippen LogP contribution < -0.4 is 5.56 Å². The van der Waals surface area contributed by atoms with Gasteiger partial charge in [0.15, 0.2) is 0 Å². The second kappa shape index (κ2) is 8.36. The molecule has 34 heavy (non-hydrogen) atoms. The largest absolute Gasteiger partial charge is 0.320 e. The minimum Gasteiger partial charge on any atom is -0.320 e. The van der Waals surface area contributed by atoms with Crippen molar-refractivity contribution in [3.05, 3.63) is 115 Å². The molecule has 7 heteroatoms. The molecule has 0 aliphatic carbocycles. The Morgan fingerprint density at radius 3 is 2.59 bits per heavy atom. The highest BCUT2D eigenvalue weighted by molar-refractivity contribution is 14.1. The molecule has 3 heterocycles. The van der Waals surface area contributed by atoms with Crippen LogP contribution in [0.3, 0.4) is 0 Å². The van der Waals surface area contributed by atoms with Crippen molar-refractivity contribution in [3.63, 3.8) is 0 Å². The van der Waals surface area contributed by atoms with Crippen LogP contribution in [-0.4, -0.2) is 19.3 Å². The zero-order valence-electron chi connectivity index (χ0n) is 18.4. The van der Waals surface area contributed by atoms with E-state index in [1.165, 1.54) is 9.13 Å². The molecular weight excluding hydrogens is 559 g/mol. The lowest BCUT2D eigenvalue weighted by Crippen LogP contribution is -2.17. The van der Waals surface area contributed by atoms with E-state index in [0.717, 1.165) is 45.4 Å². The summed E-state index contributed by atoms with van der Waals surface area (Å²) in [6.45, 7) is 0.697. The molecule has 3 aromatic carbocycles. The van der Waals surface area contributed by atoms with Gasteiger partial charge in [-0.1, -0.05) is 41.9 Å². The number of pyridine rings is 1. The fraction of sp³-hybridized carbons (Fsp3) is 0.148. The van der Waals surface area contributed by atoms with Crippen molar-refractivity contribution in [3.8, 4) is 11.1 Å². The number of rotatable bonds is 4. The predicted molar refractivity (Wildman–Crippen MR) is 143 cm³/mol. The molecule has 1 atom stereocenters. The molecule has 1 unspecified atom stereocenters. The number of hydrogen-bond acceptors (Lipinski definition) is 3. The Morgan fingerprint density at radius 1 is 1.03 bits per heavy atom. The van der Waals surface area contributed by atoms with Gasteiger partial charge in [0, 0.05) is 33.6 Å². The van der Waals surface area contributed by atoms with Crippen LogP contribution in [0, 0.1) is 3.57 Å². The lowest BCUT2D eigenvalue weighted by atomic mass is 9.87. The zero-order valence-corrected chi connectivity index (χ0v) is 21.3. The van der Waals surface area contributed by atoms with Crippen molar-refractivity contribution in [1.29, 1.82) is 0 Å². The highest BCUT2D eigenvalue weighted by atomic mass is 127. The van der Waals surface area contributed by atoms with Crippen LogP contribution in [0.4, 0.5) is 0 Å². The summed E-state index contributed by atoms with van der Waals surface area (Å²) in [5, 5.41) is 10.4. The Hall–Kier alpha value is -2.97. The van der Waals surface area contributed by atoms with E-state index in [-0.39, 0.29) is 11.5 Å². The number of nitrogens with zero attached hydrogens (tertiary/aromatic N) is 4. The van der Waals surface area contributed by atoms with Gasteiger partial charge < -0.3 is 9.13 Å². The maximum Gasteiger partial charge on any atom is 0.251 e. The van der Waals surface area contributed by atoms with Crippen LogP contribution in [0.5, 0.6) is 0 Å². The second-order valence-electron chi connectivity index (χ2n) is 8.67. The molecule has 0 radical (unpaired) electrons. The number of benzene rings is 3. The van der Waals surface area contributed by atoms with Gasteiger partial charge in [-0.15, -0.1) is 10.2 Å². The first-order valence-corrected chi connectivity index (χ1v) is 12.5. The Balaban J connectivity index is 1.66. The Labute approximate surface area is 215 Å². The summed E-state index contributed by atoms with van der Waals surface area (Å²) in [6, 6.07) is 22.5. The van der Waals surface area contributed by atoms with Crippen molar-refractivity contribution in [2.24, 2.45) is 7.05 Å². The summed E-state index contributed by atoms with van der Waals surface area (Å²) in [7, 11) is 1.98. The Morgan fingerprint density at radius 2 is 1.85 bits per heavy atom. The van der Waals surface area contributed by atoms with Crippen LogP contribution in [0.15, 0.2) is 77.9 Å². The average Bonchev–Trinajstić information content (AvgIpc) is 3.45. The predicted octanol–water partition coefficient (Wildman–Crippen LogP) is 5.79. The van der Waals surface area contributed by atoms with Crippen LogP contribution in [0.1, 0.15) is 28.4 Å². The first kappa shape index (κ1) is 21.6. The van der Waals surface area contributed by atoms with Crippen molar-refractivity contribution in [2.75, 3.05) is 0 Å². The highest BCUT2D eigenvalue weighted by Crippen LogP contribution is 2.39. The normalized spacial score (nSPS) is 13.5. The minimum absolute atomic E-state index is 0.0245. The summed E-state index contributed by atoms with van der Waals surface area (Å²) < 4.78 is 5.05. The maximum absolute atomic E-state index is 13.0. The Kier molecular flexibility index (Phi) is 5.30. The lowest BCUT2D eigenvalue weighted by Gasteiger charge is -2.20. The van der Waals surface area contributed by atoms with Crippen LogP contribution in [0.2, 0.25) is 5.02 Å². The van der Waals surface area contributed by atoms with E-state index in [0.29, 0.717) is 11.6 Å². The molecule has 5 nitrogen and oxygen atoms in total. The van der Waals surface area contributed by atoms with E-state index in [2.05, 4.69) is 69.2 Å². The molecule has 0 spiro atoms. The van der Waals surface area contributed by atoms with E-state index >= 15 is 0 Å². The standard InChI is InChI=1S/C27H20ClIN4O/c1-32-15-30-31-27(32)25(16-5-7-21(29)8-6-16)19-11-18-9-10-33-24(34)14-22(23(13-19)26(18)33)17-3-2-4-20(28)12-17/h2-8,11-15,25H,9-10H2,1H3. The van der Waals surface area contributed by atoms with Crippen LogP contribution in [0.25, 0.3) is 22.0 Å². The monoisotopic (exact) mass is 578 g/mol. The topological polar surface area (TPSA) is 52.7 Å². The van der Waals surface area contributed by atoms with E-state index in [4.69, 9.17) is 11.6 Å². The number of aryl methyl sites for hydroxylation is 3. The molecule has 1 aliphatic rings. The molecule has 1 aliphatic heterocycles. The summed E-state index contributed by atoms with van der Waals surface area (Å²) in [6.07, 6.45) is 2.57. The van der Waals surface area contributed by atoms with Gasteiger partial charge in [-0.05, 0) is 87.2 Å². The number of hydrogen-bond donors (Lipinski definition) is 0. The summed E-state index contributed by atoms with van der Waals surface area (Å²) >= 11 is 8.64.